The van der Waals surface area contributed by atoms with E-state index in [1.165, 1.54) is 11.3 Å². The van der Waals surface area contributed by atoms with E-state index in [1.54, 1.807) is 43.9 Å². The molecule has 1 aliphatic rings. The highest BCUT2D eigenvalue weighted by Gasteiger charge is 2.36. The van der Waals surface area contributed by atoms with E-state index in [4.69, 9.17) is 19.2 Å². The zero-order valence-electron chi connectivity index (χ0n) is 27.2. The molecule has 0 aliphatic carbocycles. The van der Waals surface area contributed by atoms with Crippen LogP contribution in [0.4, 0.5) is 5.69 Å². The van der Waals surface area contributed by atoms with E-state index in [0.717, 1.165) is 22.9 Å². The van der Waals surface area contributed by atoms with Crippen LogP contribution in [-0.2, 0) is 20.9 Å². The van der Waals surface area contributed by atoms with Crippen LogP contribution >= 0.6 is 11.3 Å². The Morgan fingerprint density at radius 2 is 1.77 bits per heavy atom. The maximum absolute atomic E-state index is 14.4. The van der Waals surface area contributed by atoms with E-state index in [0.29, 0.717) is 49.8 Å². The second kappa shape index (κ2) is 14.1. The number of amides is 1. The summed E-state index contributed by atoms with van der Waals surface area (Å²) in [4.78, 5) is 46.4. The molecule has 0 unspecified atom stereocenters. The van der Waals surface area contributed by atoms with Crippen LogP contribution in [0.1, 0.15) is 43.9 Å². The fourth-order valence-electron chi connectivity index (χ4n) is 6.01. The summed E-state index contributed by atoms with van der Waals surface area (Å²) in [6, 6.07) is 21.5. The quantitative estimate of drug-likeness (QED) is 0.195. The van der Waals surface area contributed by atoms with Gasteiger partial charge in [0.1, 0.15) is 24.1 Å². The highest BCUT2D eigenvalue weighted by molar-refractivity contribution is 7.07. The number of methoxy groups -OCH3 is 2. The maximum atomic E-state index is 14.4. The zero-order valence-corrected chi connectivity index (χ0v) is 28.0. The van der Waals surface area contributed by atoms with Gasteiger partial charge in [-0.3, -0.25) is 14.2 Å². The predicted octanol–water partition coefficient (Wildman–Crippen LogP) is 5.19. The number of nitrogens with one attached hydrogen (secondary N) is 1. The summed E-state index contributed by atoms with van der Waals surface area (Å²) in [5, 5.41) is 3.82. The van der Waals surface area contributed by atoms with Crippen molar-refractivity contribution in [1.29, 1.82) is 0 Å². The van der Waals surface area contributed by atoms with Gasteiger partial charge in [-0.2, -0.15) is 0 Å². The molecule has 2 aromatic heterocycles. The van der Waals surface area contributed by atoms with Crippen LogP contribution < -0.4 is 29.7 Å². The van der Waals surface area contributed by atoms with E-state index < -0.39 is 12.0 Å². The van der Waals surface area contributed by atoms with Gasteiger partial charge in [-0.15, -0.1) is 0 Å². The maximum Gasteiger partial charge on any atom is 0.338 e. The van der Waals surface area contributed by atoms with E-state index in [9.17, 15) is 14.4 Å². The van der Waals surface area contributed by atoms with Crippen LogP contribution in [-0.4, -0.2) is 41.8 Å². The van der Waals surface area contributed by atoms with Gasteiger partial charge in [-0.25, -0.2) is 9.79 Å². The van der Waals surface area contributed by atoms with Crippen LogP contribution in [0.2, 0.25) is 0 Å². The number of carbonyl (C=O) groups excluding carboxylic acids is 2. The molecule has 11 heteroatoms. The molecule has 0 fully saturated rings. The van der Waals surface area contributed by atoms with Gasteiger partial charge in [0, 0.05) is 33.9 Å². The monoisotopic (exact) mass is 664 g/mol. The molecule has 0 spiro atoms. The number of allylic oxidation sites excluding steroid dienone is 1. The van der Waals surface area contributed by atoms with Crippen LogP contribution in [0.5, 0.6) is 11.5 Å². The Labute approximate surface area is 281 Å². The van der Waals surface area contributed by atoms with E-state index in [2.05, 4.69) is 5.32 Å². The Bertz CT molecular complexity index is 2210. The van der Waals surface area contributed by atoms with Crippen molar-refractivity contribution >= 4 is 45.9 Å². The number of thiazole rings is 1. The number of esters is 1. The smallest absolute Gasteiger partial charge is 0.338 e. The van der Waals surface area contributed by atoms with Gasteiger partial charge in [-0.1, -0.05) is 61.1 Å². The first-order valence-electron chi connectivity index (χ1n) is 15.7. The van der Waals surface area contributed by atoms with Crippen LogP contribution in [0.25, 0.3) is 17.0 Å². The van der Waals surface area contributed by atoms with Gasteiger partial charge < -0.3 is 24.1 Å². The van der Waals surface area contributed by atoms with E-state index >= 15 is 0 Å². The summed E-state index contributed by atoms with van der Waals surface area (Å²) in [7, 11) is 3.11. The lowest BCUT2D eigenvalue weighted by atomic mass is 9.93. The molecule has 1 N–H and O–H groups in total. The highest BCUT2D eigenvalue weighted by Crippen LogP contribution is 2.38. The molecule has 0 saturated carbocycles. The molecule has 48 heavy (non-hydrogen) atoms. The zero-order chi connectivity index (χ0) is 33.8. The minimum atomic E-state index is -0.864. The Kier molecular flexibility index (Phi) is 9.58. The first-order chi connectivity index (χ1) is 23.4. The van der Waals surface area contributed by atoms with E-state index in [1.807, 2.05) is 78.4 Å². The number of benzene rings is 3. The third-order valence-electron chi connectivity index (χ3n) is 8.10. The average Bonchev–Trinajstić information content (AvgIpc) is 3.60. The van der Waals surface area contributed by atoms with Crippen molar-refractivity contribution in [3.63, 3.8) is 0 Å². The number of anilines is 1. The van der Waals surface area contributed by atoms with Gasteiger partial charge in [0.2, 0.25) is 5.91 Å². The third-order valence-corrected chi connectivity index (χ3v) is 9.08. The summed E-state index contributed by atoms with van der Waals surface area (Å²) < 4.78 is 20.7. The van der Waals surface area contributed by atoms with Crippen molar-refractivity contribution in [1.82, 2.24) is 9.13 Å². The number of carbonyl (C=O) groups is 2. The number of ether oxygens (including phenoxy) is 3. The topological polar surface area (TPSA) is 113 Å². The Balaban J connectivity index is 1.51. The van der Waals surface area contributed by atoms with Crippen LogP contribution in [0.3, 0.4) is 0 Å². The first-order valence-corrected chi connectivity index (χ1v) is 16.5. The van der Waals surface area contributed by atoms with Crippen molar-refractivity contribution in [2.75, 3.05) is 26.1 Å². The largest absolute Gasteiger partial charge is 0.497 e. The second-order valence-electron chi connectivity index (χ2n) is 11.2. The minimum Gasteiger partial charge on any atom is -0.497 e. The molecule has 0 saturated heterocycles. The molecule has 1 aliphatic heterocycles. The normalized spacial score (nSPS) is 14.4. The standard InChI is InChI=1S/C37H36N4O6S/c1-5-12-28-33(36(44)47-6-2)34(27-20-25(45-3)17-18-30(27)46-4)41-35(43)31(48-37(41)39-28)19-23-21-40(29-16-11-10-15-26(23)29)22-32(42)38-24-13-8-7-9-14-24/h7-11,13-21,34H,5-6,12,22H2,1-4H3,(H,38,42)/b31-19-/t34-/m1/s1. The summed E-state index contributed by atoms with van der Waals surface area (Å²) >= 11 is 1.25. The number of rotatable bonds is 11. The lowest BCUT2D eigenvalue weighted by molar-refractivity contribution is -0.139. The molecule has 0 bridgehead atoms. The molecule has 10 nitrogen and oxygen atoms in total. The molecule has 1 amide bonds. The predicted molar refractivity (Wildman–Crippen MR) is 186 cm³/mol. The molecule has 1 atom stereocenters. The van der Waals surface area contributed by atoms with Crippen LogP contribution in [0, 0.1) is 0 Å². The Hall–Kier alpha value is -5.42. The lowest BCUT2D eigenvalue weighted by Gasteiger charge is -2.27. The third kappa shape index (κ3) is 6.28. The van der Waals surface area contributed by atoms with Crippen molar-refractivity contribution in [2.24, 2.45) is 4.99 Å². The molecular weight excluding hydrogens is 628 g/mol. The summed E-state index contributed by atoms with van der Waals surface area (Å²) in [5.41, 5.74) is 3.48. The summed E-state index contributed by atoms with van der Waals surface area (Å²) in [5.74, 6) is 0.335. The molecule has 3 aromatic carbocycles. The number of hydrogen-bond donors (Lipinski definition) is 1. The van der Waals surface area contributed by atoms with Gasteiger partial charge >= 0.3 is 5.97 Å². The van der Waals surface area contributed by atoms with Gasteiger partial charge in [0.05, 0.1) is 36.6 Å². The fourth-order valence-corrected chi connectivity index (χ4v) is 7.02. The van der Waals surface area contributed by atoms with Crippen LogP contribution in [0.15, 0.2) is 100 Å². The number of para-hydroxylation sites is 2. The second-order valence-corrected chi connectivity index (χ2v) is 12.2. The number of nitrogens with zero attached hydrogens (tertiary/aromatic N) is 3. The molecule has 3 heterocycles. The molecule has 246 valence electrons. The van der Waals surface area contributed by atoms with Crippen molar-refractivity contribution in [2.45, 2.75) is 39.3 Å². The number of fused-ring (bicyclic) bond motifs is 2. The fraction of sp³-hybridized carbons (Fsp3) is 0.243. The lowest BCUT2D eigenvalue weighted by Crippen LogP contribution is -2.40. The Morgan fingerprint density at radius 3 is 2.50 bits per heavy atom. The number of hydrogen-bond acceptors (Lipinski definition) is 8. The summed E-state index contributed by atoms with van der Waals surface area (Å²) in [6.45, 7) is 4.01. The first kappa shape index (κ1) is 32.5. The Morgan fingerprint density at radius 1 is 1.00 bits per heavy atom. The SMILES string of the molecule is CCCC1=C(C(=O)OCC)[C@@H](c2cc(OC)ccc2OC)n2c(s/c(=C\c3cn(CC(=O)Nc4ccccc4)c4ccccc34)c2=O)=N1. The molecular formula is C37H36N4O6S. The van der Waals surface area contributed by atoms with Gasteiger partial charge in [0.15, 0.2) is 4.80 Å². The van der Waals surface area contributed by atoms with Crippen molar-refractivity contribution < 1.29 is 23.8 Å². The molecule has 5 aromatic rings. The van der Waals surface area contributed by atoms with Gasteiger partial charge in [0.25, 0.3) is 5.56 Å². The minimum absolute atomic E-state index is 0.0867. The highest BCUT2D eigenvalue weighted by atomic mass is 32.1. The average molecular weight is 665 g/mol. The van der Waals surface area contributed by atoms with E-state index in [-0.39, 0.29) is 24.6 Å². The van der Waals surface area contributed by atoms with Crippen molar-refractivity contribution in [3.05, 3.63) is 121 Å². The van der Waals surface area contributed by atoms with Crippen molar-refractivity contribution in [3.8, 4) is 11.5 Å². The molecule has 0 radical (unpaired) electrons. The number of aromatic nitrogens is 2. The van der Waals surface area contributed by atoms with Gasteiger partial charge in [-0.05, 0) is 55.8 Å². The molecule has 6 rings (SSSR count). The summed E-state index contributed by atoms with van der Waals surface area (Å²) in [6.07, 6.45) is 4.95.